The maximum atomic E-state index is 12.7. The summed E-state index contributed by atoms with van der Waals surface area (Å²) in [5.74, 6) is 1.06. The molecule has 1 saturated carbocycles. The third-order valence-electron chi connectivity index (χ3n) is 5.09. The molecular formula is C23H29F3O3. The molecule has 1 aromatic carbocycles. The van der Waals surface area contributed by atoms with E-state index in [0.29, 0.717) is 31.3 Å². The fourth-order valence-corrected chi connectivity index (χ4v) is 3.51. The zero-order chi connectivity index (χ0) is 21.1. The van der Waals surface area contributed by atoms with E-state index in [1.165, 1.54) is 25.7 Å². The van der Waals surface area contributed by atoms with Crippen LogP contribution in [0.2, 0.25) is 0 Å². The van der Waals surface area contributed by atoms with E-state index in [0.717, 1.165) is 37.8 Å². The third-order valence-corrected chi connectivity index (χ3v) is 5.09. The summed E-state index contributed by atoms with van der Waals surface area (Å²) in [6.45, 7) is 0.346. The van der Waals surface area contributed by atoms with Crippen LogP contribution >= 0.6 is 0 Å². The monoisotopic (exact) mass is 410 g/mol. The minimum absolute atomic E-state index is 0.174. The molecule has 0 saturated heterocycles. The zero-order valence-electron chi connectivity index (χ0n) is 16.8. The van der Waals surface area contributed by atoms with Crippen molar-refractivity contribution in [1.82, 2.24) is 0 Å². The fourth-order valence-electron chi connectivity index (χ4n) is 3.51. The Morgan fingerprint density at radius 3 is 2.48 bits per heavy atom. The van der Waals surface area contributed by atoms with Gasteiger partial charge in [0.15, 0.2) is 0 Å². The van der Waals surface area contributed by atoms with Crippen LogP contribution in [0.25, 0.3) is 0 Å². The molecule has 0 spiro atoms. The fraction of sp³-hybridized carbons (Fsp3) is 0.522. The Kier molecular flexibility index (Phi) is 9.29. The maximum absolute atomic E-state index is 12.7. The van der Waals surface area contributed by atoms with Crippen molar-refractivity contribution >= 4 is 5.97 Å². The van der Waals surface area contributed by atoms with Crippen molar-refractivity contribution in [2.45, 2.75) is 51.1 Å². The summed E-state index contributed by atoms with van der Waals surface area (Å²) in [4.78, 5) is 11.1. The molecule has 1 aliphatic carbocycles. The zero-order valence-corrected chi connectivity index (χ0v) is 16.8. The van der Waals surface area contributed by atoms with E-state index in [9.17, 15) is 18.0 Å². The summed E-state index contributed by atoms with van der Waals surface area (Å²) in [7, 11) is 1.40. The summed E-state index contributed by atoms with van der Waals surface area (Å²) in [6, 6.07) is 4.96. The molecule has 0 heterocycles. The van der Waals surface area contributed by atoms with Crippen molar-refractivity contribution < 1.29 is 27.4 Å². The van der Waals surface area contributed by atoms with Gasteiger partial charge in [-0.2, -0.15) is 13.2 Å². The number of ether oxygens (including phenoxy) is 2. The van der Waals surface area contributed by atoms with Crippen molar-refractivity contribution in [3.63, 3.8) is 0 Å². The number of methoxy groups -OCH3 is 1. The van der Waals surface area contributed by atoms with Crippen LogP contribution in [0.1, 0.15) is 50.5 Å². The van der Waals surface area contributed by atoms with Gasteiger partial charge in [-0.1, -0.05) is 36.8 Å². The van der Waals surface area contributed by atoms with Gasteiger partial charge in [-0.25, -0.2) is 0 Å². The number of alkyl halides is 3. The molecule has 1 fully saturated rings. The Labute approximate surface area is 170 Å². The van der Waals surface area contributed by atoms with Crippen LogP contribution in [-0.4, -0.2) is 19.7 Å². The average molecular weight is 410 g/mol. The van der Waals surface area contributed by atoms with E-state index in [1.807, 2.05) is 0 Å². The molecule has 0 amide bonds. The summed E-state index contributed by atoms with van der Waals surface area (Å²) >= 11 is 0. The SMILES string of the molecule is COC(=O)CCC/C=C\C1CCCC1/C=C/CCOc1cccc(C(F)(F)F)c1. The number of benzene rings is 1. The normalized spacial score (nSPS) is 19.9. The molecule has 2 atom stereocenters. The van der Waals surface area contributed by atoms with Crippen molar-refractivity contribution in [2.24, 2.45) is 11.8 Å². The lowest BCUT2D eigenvalue weighted by molar-refractivity contribution is -0.140. The molecule has 2 unspecified atom stereocenters. The first-order valence-corrected chi connectivity index (χ1v) is 10.1. The lowest BCUT2D eigenvalue weighted by atomic mass is 9.94. The van der Waals surface area contributed by atoms with Crippen molar-refractivity contribution in [1.29, 1.82) is 0 Å². The highest BCUT2D eigenvalue weighted by Crippen LogP contribution is 2.34. The maximum Gasteiger partial charge on any atom is 0.416 e. The first-order chi connectivity index (χ1) is 13.9. The van der Waals surface area contributed by atoms with Gasteiger partial charge in [-0.3, -0.25) is 4.79 Å². The molecule has 1 aliphatic rings. The molecule has 0 aliphatic heterocycles. The molecule has 2 rings (SSSR count). The van der Waals surface area contributed by atoms with E-state index in [4.69, 9.17) is 4.74 Å². The van der Waals surface area contributed by atoms with E-state index in [-0.39, 0.29) is 11.7 Å². The van der Waals surface area contributed by atoms with Gasteiger partial charge in [0.1, 0.15) is 5.75 Å². The molecule has 0 radical (unpaired) electrons. The lowest BCUT2D eigenvalue weighted by Crippen LogP contribution is -2.05. The molecule has 29 heavy (non-hydrogen) atoms. The predicted octanol–water partition coefficient (Wildman–Crippen LogP) is 6.35. The summed E-state index contributed by atoms with van der Waals surface area (Å²) in [5.41, 5.74) is -0.697. The van der Waals surface area contributed by atoms with Crippen LogP contribution in [0.4, 0.5) is 13.2 Å². The number of hydrogen-bond donors (Lipinski definition) is 0. The first-order valence-electron chi connectivity index (χ1n) is 10.1. The highest BCUT2D eigenvalue weighted by molar-refractivity contribution is 5.69. The molecule has 1 aromatic rings. The number of halogens is 3. The number of unbranched alkanes of at least 4 members (excludes halogenated alkanes) is 1. The molecule has 160 valence electrons. The number of hydrogen-bond acceptors (Lipinski definition) is 3. The standard InChI is InChI=1S/C23H29F3O3/c1-28-22(27)15-4-2-3-9-18-11-7-12-19(18)10-5-6-16-29-21-14-8-13-20(17-21)23(24,25)26/h3,5,8-10,13-14,17-19H,2,4,6-7,11-12,15-16H2,1H3/b9-3-,10-5+. The Morgan fingerprint density at radius 1 is 1.14 bits per heavy atom. The van der Waals surface area contributed by atoms with Crippen LogP contribution in [0.3, 0.4) is 0 Å². The predicted molar refractivity (Wildman–Crippen MR) is 107 cm³/mol. The topological polar surface area (TPSA) is 35.5 Å². The van der Waals surface area contributed by atoms with Gasteiger partial charge in [0.2, 0.25) is 0 Å². The van der Waals surface area contributed by atoms with Gasteiger partial charge in [0.25, 0.3) is 0 Å². The molecular weight excluding hydrogens is 381 g/mol. The Hall–Kier alpha value is -2.24. The molecule has 0 N–H and O–H groups in total. The van der Waals surface area contributed by atoms with Crippen LogP contribution < -0.4 is 4.74 Å². The molecule has 0 bridgehead atoms. The Balaban J connectivity index is 1.70. The van der Waals surface area contributed by atoms with Gasteiger partial charge < -0.3 is 9.47 Å². The number of allylic oxidation sites excluding steroid dienone is 3. The van der Waals surface area contributed by atoms with Crippen LogP contribution in [0, 0.1) is 11.8 Å². The minimum Gasteiger partial charge on any atom is -0.493 e. The van der Waals surface area contributed by atoms with E-state index in [1.54, 1.807) is 0 Å². The molecule has 0 aromatic heterocycles. The summed E-state index contributed by atoms with van der Waals surface area (Å²) < 4.78 is 48.2. The van der Waals surface area contributed by atoms with E-state index < -0.39 is 11.7 Å². The number of rotatable bonds is 10. The first kappa shape index (κ1) is 23.0. The van der Waals surface area contributed by atoms with Crippen molar-refractivity contribution in [2.75, 3.05) is 13.7 Å². The Morgan fingerprint density at radius 2 is 1.83 bits per heavy atom. The van der Waals surface area contributed by atoms with Gasteiger partial charge in [-0.15, -0.1) is 0 Å². The Bertz CT molecular complexity index is 695. The van der Waals surface area contributed by atoms with Gasteiger partial charge in [0.05, 0.1) is 19.3 Å². The molecule has 3 nitrogen and oxygen atoms in total. The summed E-state index contributed by atoms with van der Waals surface area (Å²) in [5, 5.41) is 0. The van der Waals surface area contributed by atoms with Gasteiger partial charge in [-0.05, 0) is 62.1 Å². The van der Waals surface area contributed by atoms with Gasteiger partial charge in [0, 0.05) is 6.42 Å². The smallest absolute Gasteiger partial charge is 0.416 e. The number of esters is 1. The van der Waals surface area contributed by atoms with Gasteiger partial charge >= 0.3 is 12.1 Å². The summed E-state index contributed by atoms with van der Waals surface area (Å²) in [6.07, 6.45) is 10.5. The highest BCUT2D eigenvalue weighted by atomic mass is 19.4. The molecule has 6 heteroatoms. The van der Waals surface area contributed by atoms with Crippen molar-refractivity contribution in [3.8, 4) is 5.75 Å². The van der Waals surface area contributed by atoms with Crippen molar-refractivity contribution in [3.05, 3.63) is 54.1 Å². The van der Waals surface area contributed by atoms with E-state index in [2.05, 4.69) is 29.0 Å². The third kappa shape index (κ3) is 8.34. The second-order valence-electron chi connectivity index (χ2n) is 7.25. The van der Waals surface area contributed by atoms with Crippen LogP contribution in [-0.2, 0) is 15.7 Å². The van der Waals surface area contributed by atoms with E-state index >= 15 is 0 Å². The van der Waals surface area contributed by atoms with Crippen LogP contribution in [0.15, 0.2) is 48.6 Å². The quantitative estimate of drug-likeness (QED) is 0.256. The number of carbonyl (C=O) groups is 1. The average Bonchev–Trinajstić information content (AvgIpc) is 3.14. The largest absolute Gasteiger partial charge is 0.493 e. The van der Waals surface area contributed by atoms with Crippen LogP contribution in [0.5, 0.6) is 5.75 Å². The highest BCUT2D eigenvalue weighted by Gasteiger charge is 2.30. The second-order valence-corrected chi connectivity index (χ2v) is 7.25. The second kappa shape index (κ2) is 11.7. The lowest BCUT2D eigenvalue weighted by Gasteiger charge is -2.12. The number of carbonyl (C=O) groups excluding carboxylic acids is 1. The minimum atomic E-state index is -4.36.